The van der Waals surface area contributed by atoms with Gasteiger partial charge in [0, 0.05) is 62.4 Å². The fraction of sp³-hybridized carbons (Fsp3) is 0.370. The molecule has 1 saturated heterocycles. The normalized spacial score (nSPS) is 25.5. The van der Waals surface area contributed by atoms with E-state index in [1.54, 1.807) is 6.07 Å². The quantitative estimate of drug-likeness (QED) is 0.577. The van der Waals surface area contributed by atoms with E-state index in [0.717, 1.165) is 35.6 Å². The molecule has 2 unspecified atom stereocenters. The van der Waals surface area contributed by atoms with E-state index in [9.17, 15) is 9.59 Å². The molecule has 4 rings (SSSR count). The van der Waals surface area contributed by atoms with Crippen LogP contribution in [0.3, 0.4) is 0 Å². The molecule has 0 bridgehead atoms. The molecule has 2 aromatic rings. The summed E-state index contributed by atoms with van der Waals surface area (Å²) in [6.45, 7) is 2.93. The number of hydrogen-bond acceptors (Lipinski definition) is 5. The van der Waals surface area contributed by atoms with E-state index in [-0.39, 0.29) is 17.5 Å². The molecule has 38 heavy (non-hydrogen) atoms. The Morgan fingerprint density at radius 3 is 2.50 bits per heavy atom. The summed E-state index contributed by atoms with van der Waals surface area (Å²) in [5, 5.41) is 0. The molecule has 0 saturated carbocycles. The van der Waals surface area contributed by atoms with Crippen molar-refractivity contribution in [3.05, 3.63) is 76.9 Å². The molecule has 2 aliphatic rings. The van der Waals surface area contributed by atoms with E-state index in [0.29, 0.717) is 18.8 Å². The summed E-state index contributed by atoms with van der Waals surface area (Å²) in [6, 6.07) is 3.01. The van der Waals surface area contributed by atoms with Crippen LogP contribution >= 0.6 is 0 Å². The van der Waals surface area contributed by atoms with Gasteiger partial charge in [-0.05, 0) is 36.6 Å². The van der Waals surface area contributed by atoms with Crippen LogP contribution in [0.4, 0.5) is 23.2 Å². The van der Waals surface area contributed by atoms with Crippen LogP contribution in [-0.4, -0.2) is 61.1 Å². The Bertz CT molecular complexity index is 1330. The number of benzene rings is 1. The first-order chi connectivity index (χ1) is 17.9. The molecule has 4 atom stereocenters. The maximum Gasteiger partial charge on any atom is 0.256 e. The van der Waals surface area contributed by atoms with E-state index >= 15 is 17.6 Å². The van der Waals surface area contributed by atoms with Crippen LogP contribution in [0.25, 0.3) is 5.57 Å². The number of amides is 2. The van der Waals surface area contributed by atoms with Crippen LogP contribution in [0.1, 0.15) is 34.8 Å². The number of piperidine rings is 1. The van der Waals surface area contributed by atoms with E-state index in [1.165, 1.54) is 26.5 Å². The molecule has 1 aromatic heterocycles. The first kappa shape index (κ1) is 27.3. The molecule has 1 aliphatic heterocycles. The van der Waals surface area contributed by atoms with Crippen molar-refractivity contribution in [1.29, 1.82) is 0 Å². The van der Waals surface area contributed by atoms with Crippen LogP contribution < -0.4 is 16.4 Å². The van der Waals surface area contributed by atoms with Crippen LogP contribution in [-0.2, 0) is 10.2 Å². The second-order valence-electron chi connectivity index (χ2n) is 10.1. The summed E-state index contributed by atoms with van der Waals surface area (Å²) in [7, 11) is 2.70. The van der Waals surface area contributed by atoms with Crippen molar-refractivity contribution in [2.75, 3.05) is 32.1 Å². The number of nitrogens with two attached hydrogens (primary N) is 2. The fourth-order valence-electron chi connectivity index (χ4n) is 5.32. The van der Waals surface area contributed by atoms with Crippen molar-refractivity contribution in [2.24, 2.45) is 17.4 Å². The van der Waals surface area contributed by atoms with E-state index in [2.05, 4.69) is 4.98 Å². The highest BCUT2D eigenvalue weighted by Crippen LogP contribution is 2.48. The third-order valence-electron chi connectivity index (χ3n) is 7.08. The van der Waals surface area contributed by atoms with Crippen molar-refractivity contribution in [3.63, 3.8) is 0 Å². The standard InChI is InChI=1S/C27H29F4N5O2/c1-14-10-15(32)13-36(12-14)20-7-9-34-11-17(20)27(26(33)38)8-6-19(29)22(24(27)31)21-18(28)5-4-16(23(21)30)25(37)35(2)3/h4-9,11,14-15,24H,10,12-13,32H2,1-3H3,(H2,33,38)/t14-,15+,24?,27?/m1/s1. The minimum absolute atomic E-state index is 0.00360. The number of halogens is 4. The third kappa shape index (κ3) is 4.44. The number of primary amides is 1. The predicted molar refractivity (Wildman–Crippen MR) is 136 cm³/mol. The van der Waals surface area contributed by atoms with Gasteiger partial charge in [0.15, 0.2) is 6.17 Å². The highest BCUT2D eigenvalue weighted by Gasteiger charge is 2.52. The van der Waals surface area contributed by atoms with Gasteiger partial charge in [0.2, 0.25) is 5.91 Å². The Morgan fingerprint density at radius 2 is 1.87 bits per heavy atom. The molecule has 4 N–H and O–H groups in total. The van der Waals surface area contributed by atoms with Crippen LogP contribution in [0.5, 0.6) is 0 Å². The lowest BCUT2D eigenvalue weighted by molar-refractivity contribution is -0.123. The third-order valence-corrected chi connectivity index (χ3v) is 7.08. The van der Waals surface area contributed by atoms with Crippen molar-refractivity contribution in [1.82, 2.24) is 9.88 Å². The van der Waals surface area contributed by atoms with E-state index in [4.69, 9.17) is 11.5 Å². The van der Waals surface area contributed by atoms with Crippen molar-refractivity contribution in [2.45, 2.75) is 31.0 Å². The van der Waals surface area contributed by atoms with Gasteiger partial charge in [0.1, 0.15) is 22.9 Å². The van der Waals surface area contributed by atoms with Crippen LogP contribution in [0.15, 0.2) is 48.6 Å². The summed E-state index contributed by atoms with van der Waals surface area (Å²) in [5.41, 5.74) is 7.27. The highest BCUT2D eigenvalue weighted by atomic mass is 19.1. The minimum Gasteiger partial charge on any atom is -0.369 e. The molecule has 2 heterocycles. The lowest BCUT2D eigenvalue weighted by atomic mass is 9.69. The number of rotatable bonds is 5. The second kappa shape index (κ2) is 10.2. The molecule has 1 aromatic carbocycles. The molecule has 0 radical (unpaired) electrons. The van der Waals surface area contributed by atoms with Gasteiger partial charge in [-0.15, -0.1) is 0 Å². The SMILES string of the molecule is C[C@@H]1C[C@H](N)CN(c2ccncc2C2(C(N)=O)C=CC(F)=C(c3c(F)ccc(C(=O)N(C)C)c3F)C2F)C1. The smallest absolute Gasteiger partial charge is 0.256 e. The van der Waals surface area contributed by atoms with E-state index in [1.807, 2.05) is 11.8 Å². The number of anilines is 1. The molecule has 1 aliphatic carbocycles. The largest absolute Gasteiger partial charge is 0.369 e. The zero-order valence-electron chi connectivity index (χ0n) is 21.2. The maximum atomic E-state index is 16.6. The van der Waals surface area contributed by atoms with Gasteiger partial charge in [-0.1, -0.05) is 13.0 Å². The number of carbonyl (C=O) groups is 2. The topological polar surface area (TPSA) is 106 Å². The fourth-order valence-corrected chi connectivity index (χ4v) is 5.32. The summed E-state index contributed by atoms with van der Waals surface area (Å²) < 4.78 is 62.5. The summed E-state index contributed by atoms with van der Waals surface area (Å²) in [6.07, 6.45) is 2.51. The number of hydrogen-bond donors (Lipinski definition) is 2. The molecule has 11 heteroatoms. The number of nitrogens with zero attached hydrogens (tertiary/aromatic N) is 3. The zero-order chi connectivity index (χ0) is 27.9. The number of aromatic nitrogens is 1. The molecule has 0 spiro atoms. The Hall–Kier alpha value is -3.73. The van der Waals surface area contributed by atoms with Gasteiger partial charge in [-0.3, -0.25) is 14.6 Å². The number of carbonyl (C=O) groups excluding carboxylic acids is 2. The maximum absolute atomic E-state index is 16.6. The highest BCUT2D eigenvalue weighted by molar-refractivity contribution is 5.99. The molecule has 2 amide bonds. The average molecular weight is 532 g/mol. The Labute approximate surface area is 217 Å². The van der Waals surface area contributed by atoms with Gasteiger partial charge in [0.25, 0.3) is 5.91 Å². The predicted octanol–water partition coefficient (Wildman–Crippen LogP) is 3.25. The van der Waals surface area contributed by atoms with Gasteiger partial charge in [-0.2, -0.15) is 0 Å². The molecule has 1 fully saturated rings. The number of allylic oxidation sites excluding steroid dienone is 3. The Morgan fingerprint density at radius 1 is 1.16 bits per heavy atom. The lowest BCUT2D eigenvalue weighted by Crippen LogP contribution is -2.51. The van der Waals surface area contributed by atoms with Crippen molar-refractivity contribution < 1.29 is 27.2 Å². The molecular weight excluding hydrogens is 502 g/mol. The Kier molecular flexibility index (Phi) is 7.33. The average Bonchev–Trinajstić information content (AvgIpc) is 2.85. The second-order valence-corrected chi connectivity index (χ2v) is 10.1. The summed E-state index contributed by atoms with van der Waals surface area (Å²) in [4.78, 5) is 32.4. The summed E-state index contributed by atoms with van der Waals surface area (Å²) >= 11 is 0. The van der Waals surface area contributed by atoms with Gasteiger partial charge < -0.3 is 21.3 Å². The van der Waals surface area contributed by atoms with Crippen molar-refractivity contribution in [3.8, 4) is 0 Å². The molecule has 7 nitrogen and oxygen atoms in total. The number of alkyl halides is 1. The van der Waals surface area contributed by atoms with Gasteiger partial charge in [0.05, 0.1) is 11.1 Å². The minimum atomic E-state index is -2.66. The lowest BCUT2D eigenvalue weighted by Gasteiger charge is -2.41. The van der Waals surface area contributed by atoms with E-state index < -0.39 is 57.6 Å². The zero-order valence-corrected chi connectivity index (χ0v) is 21.2. The van der Waals surface area contributed by atoms with Crippen LogP contribution in [0.2, 0.25) is 0 Å². The van der Waals surface area contributed by atoms with Crippen LogP contribution in [0, 0.1) is 17.6 Å². The van der Waals surface area contributed by atoms with Gasteiger partial charge >= 0.3 is 0 Å². The summed E-state index contributed by atoms with van der Waals surface area (Å²) in [5.74, 6) is -5.93. The first-order valence-electron chi connectivity index (χ1n) is 12.1. The van der Waals surface area contributed by atoms with Crippen molar-refractivity contribution >= 4 is 23.1 Å². The number of pyridine rings is 1. The first-order valence-corrected chi connectivity index (χ1v) is 12.1. The van der Waals surface area contributed by atoms with Gasteiger partial charge in [-0.25, -0.2) is 17.6 Å². The Balaban J connectivity index is 1.92. The molecule has 202 valence electrons. The molecular formula is C27H29F4N5O2. The monoisotopic (exact) mass is 531 g/mol.